The fraction of sp³-hybridized carbons (Fsp3) is 0.300. The normalized spacial score (nSPS) is 10.0. The average Bonchev–Trinajstić information content (AvgIpc) is 2.21. The number of rotatable bonds is 4. The molecule has 0 aliphatic carbocycles. The highest BCUT2D eigenvalue weighted by molar-refractivity contribution is 9.10. The maximum atomic E-state index is 11.3. The van der Waals surface area contributed by atoms with E-state index in [0.29, 0.717) is 4.47 Å². The van der Waals surface area contributed by atoms with E-state index in [-0.39, 0.29) is 30.0 Å². The average molecular weight is 303 g/mol. The molecule has 0 spiro atoms. The van der Waals surface area contributed by atoms with Crippen LogP contribution in [0, 0.1) is 10.1 Å². The van der Waals surface area contributed by atoms with Crippen LogP contribution >= 0.6 is 15.9 Å². The van der Waals surface area contributed by atoms with Crippen LogP contribution in [0.2, 0.25) is 0 Å². The van der Waals surface area contributed by atoms with Crippen molar-refractivity contribution in [2.24, 2.45) is 0 Å². The first kappa shape index (κ1) is 13.4. The van der Waals surface area contributed by atoms with Crippen molar-refractivity contribution in [3.05, 3.63) is 32.3 Å². The molecule has 0 fully saturated rings. The van der Waals surface area contributed by atoms with Gasteiger partial charge < -0.3 is 10.5 Å². The molecule has 92 valence electrons. The number of carbonyl (C=O) groups is 1. The van der Waals surface area contributed by atoms with Crippen LogP contribution < -0.4 is 5.73 Å². The van der Waals surface area contributed by atoms with Gasteiger partial charge in [0.2, 0.25) is 0 Å². The summed E-state index contributed by atoms with van der Waals surface area (Å²) in [6.45, 7) is 1.89. The van der Waals surface area contributed by atoms with E-state index in [9.17, 15) is 14.9 Å². The minimum absolute atomic E-state index is 0.177. The molecule has 0 aliphatic rings. The molecule has 0 heterocycles. The molecule has 0 saturated carbocycles. The summed E-state index contributed by atoms with van der Waals surface area (Å²) in [7, 11) is 0. The fourth-order valence-electron chi connectivity index (χ4n) is 1.35. The molecule has 0 bridgehead atoms. The van der Waals surface area contributed by atoms with Crippen LogP contribution in [0.1, 0.15) is 12.5 Å². The third-order valence-electron chi connectivity index (χ3n) is 2.05. The number of anilines is 1. The second-order valence-electron chi connectivity index (χ2n) is 3.23. The number of nitrogens with two attached hydrogens (primary N) is 1. The highest BCUT2D eigenvalue weighted by atomic mass is 79.9. The lowest BCUT2D eigenvalue weighted by Crippen LogP contribution is -2.11. The molecule has 0 aliphatic heterocycles. The molecule has 1 aromatic rings. The molecule has 6 nitrogen and oxygen atoms in total. The van der Waals surface area contributed by atoms with Crippen molar-refractivity contribution in [1.29, 1.82) is 0 Å². The van der Waals surface area contributed by atoms with Gasteiger partial charge in [0.15, 0.2) is 0 Å². The topological polar surface area (TPSA) is 95.5 Å². The lowest BCUT2D eigenvalue weighted by atomic mass is 10.1. The van der Waals surface area contributed by atoms with Crippen LogP contribution in [-0.4, -0.2) is 17.5 Å². The second-order valence-corrected chi connectivity index (χ2v) is 4.15. The van der Waals surface area contributed by atoms with Crippen molar-refractivity contribution < 1.29 is 14.5 Å². The van der Waals surface area contributed by atoms with Gasteiger partial charge >= 0.3 is 5.97 Å². The predicted molar refractivity (Wildman–Crippen MR) is 65.5 cm³/mol. The van der Waals surface area contributed by atoms with Crippen molar-refractivity contribution >= 4 is 33.3 Å². The molecule has 0 atom stereocenters. The zero-order chi connectivity index (χ0) is 13.0. The minimum Gasteiger partial charge on any atom is -0.466 e. The Balaban J connectivity index is 3.12. The lowest BCUT2D eigenvalue weighted by molar-refractivity contribution is -0.385. The van der Waals surface area contributed by atoms with Crippen LogP contribution in [0.25, 0.3) is 0 Å². The minimum atomic E-state index is -0.574. The predicted octanol–water partition coefficient (Wildman–Crippen LogP) is 2.05. The van der Waals surface area contributed by atoms with Crippen molar-refractivity contribution in [3.8, 4) is 0 Å². The van der Waals surface area contributed by atoms with Crippen molar-refractivity contribution in [2.45, 2.75) is 13.3 Å². The summed E-state index contributed by atoms with van der Waals surface area (Å²) in [4.78, 5) is 21.6. The number of hydrogen-bond acceptors (Lipinski definition) is 5. The van der Waals surface area contributed by atoms with Crippen molar-refractivity contribution in [2.75, 3.05) is 12.3 Å². The van der Waals surface area contributed by atoms with E-state index in [1.54, 1.807) is 6.92 Å². The number of nitro benzene ring substituents is 1. The maximum absolute atomic E-state index is 11.3. The van der Waals surface area contributed by atoms with Gasteiger partial charge in [-0.3, -0.25) is 14.9 Å². The largest absolute Gasteiger partial charge is 0.466 e. The van der Waals surface area contributed by atoms with Crippen molar-refractivity contribution in [3.63, 3.8) is 0 Å². The summed E-state index contributed by atoms with van der Waals surface area (Å²) < 4.78 is 5.23. The van der Waals surface area contributed by atoms with E-state index >= 15 is 0 Å². The first-order valence-corrected chi connectivity index (χ1v) is 5.63. The van der Waals surface area contributed by atoms with Crippen LogP contribution in [0.3, 0.4) is 0 Å². The van der Waals surface area contributed by atoms with Gasteiger partial charge in [0.25, 0.3) is 5.69 Å². The smallest absolute Gasteiger partial charge is 0.310 e. The number of ether oxygens (including phenoxy) is 1. The summed E-state index contributed by atoms with van der Waals surface area (Å²) in [5.74, 6) is -0.537. The van der Waals surface area contributed by atoms with E-state index in [4.69, 9.17) is 10.5 Å². The number of esters is 1. The molecule has 1 aromatic carbocycles. The zero-order valence-electron chi connectivity index (χ0n) is 9.10. The molecule has 0 aromatic heterocycles. The van der Waals surface area contributed by atoms with Crippen LogP contribution in [0.5, 0.6) is 0 Å². The zero-order valence-corrected chi connectivity index (χ0v) is 10.7. The molecule has 0 unspecified atom stereocenters. The molecular formula is C10H11BrN2O4. The van der Waals surface area contributed by atoms with Gasteiger partial charge in [-0.15, -0.1) is 0 Å². The van der Waals surface area contributed by atoms with E-state index in [1.165, 1.54) is 12.1 Å². The van der Waals surface area contributed by atoms with Gasteiger partial charge in [0, 0.05) is 16.2 Å². The Morgan fingerprint density at radius 1 is 1.59 bits per heavy atom. The first-order valence-electron chi connectivity index (χ1n) is 4.83. The number of nitro groups is 1. The number of hydrogen-bond donors (Lipinski definition) is 1. The third-order valence-corrected chi connectivity index (χ3v) is 2.51. The number of benzene rings is 1. The van der Waals surface area contributed by atoms with E-state index in [1.807, 2.05) is 0 Å². The number of carbonyl (C=O) groups excluding carboxylic acids is 1. The highest BCUT2D eigenvalue weighted by Crippen LogP contribution is 2.29. The van der Waals surface area contributed by atoms with Gasteiger partial charge in [0.1, 0.15) is 0 Å². The van der Waals surface area contributed by atoms with E-state index in [0.717, 1.165) is 0 Å². The summed E-state index contributed by atoms with van der Waals surface area (Å²) in [6, 6.07) is 2.83. The molecule has 2 N–H and O–H groups in total. The summed E-state index contributed by atoms with van der Waals surface area (Å²) in [5.41, 5.74) is 5.84. The number of halogens is 1. The molecule has 17 heavy (non-hydrogen) atoms. The number of nitrogens with zero attached hydrogens (tertiary/aromatic N) is 1. The Morgan fingerprint density at radius 2 is 2.24 bits per heavy atom. The fourth-order valence-corrected chi connectivity index (χ4v) is 1.82. The Kier molecular flexibility index (Phi) is 4.45. The van der Waals surface area contributed by atoms with Crippen LogP contribution in [-0.2, 0) is 16.0 Å². The molecule has 0 radical (unpaired) electrons. The highest BCUT2D eigenvalue weighted by Gasteiger charge is 2.20. The Morgan fingerprint density at radius 3 is 2.76 bits per heavy atom. The number of nitrogen functional groups attached to an aromatic ring is 1. The van der Waals surface area contributed by atoms with Crippen LogP contribution in [0.4, 0.5) is 11.4 Å². The quantitative estimate of drug-likeness (QED) is 0.397. The summed E-state index contributed by atoms with van der Waals surface area (Å²) >= 11 is 3.11. The molecule has 0 saturated heterocycles. The SMILES string of the molecule is CCOC(=O)Cc1c(N)cc(Br)cc1[N+](=O)[O-]. The maximum Gasteiger partial charge on any atom is 0.310 e. The Bertz CT molecular complexity index is 462. The molecule has 1 rings (SSSR count). The monoisotopic (exact) mass is 302 g/mol. The van der Waals surface area contributed by atoms with Gasteiger partial charge in [-0.25, -0.2) is 0 Å². The van der Waals surface area contributed by atoms with Gasteiger partial charge in [-0.1, -0.05) is 15.9 Å². The molecule has 0 amide bonds. The molecular weight excluding hydrogens is 292 g/mol. The van der Waals surface area contributed by atoms with Gasteiger partial charge in [0.05, 0.1) is 23.5 Å². The standard InChI is InChI=1S/C10H11BrN2O4/c1-2-17-10(14)5-7-8(12)3-6(11)4-9(7)13(15)16/h3-4H,2,5,12H2,1H3. The Labute approximate surface area is 106 Å². The van der Waals surface area contributed by atoms with Crippen molar-refractivity contribution in [1.82, 2.24) is 0 Å². The first-order chi connectivity index (χ1) is 7.95. The summed E-state index contributed by atoms with van der Waals surface area (Å²) in [6.07, 6.45) is -0.205. The van der Waals surface area contributed by atoms with Gasteiger partial charge in [-0.2, -0.15) is 0 Å². The lowest BCUT2D eigenvalue weighted by Gasteiger charge is -2.07. The van der Waals surface area contributed by atoms with Crippen LogP contribution in [0.15, 0.2) is 16.6 Å². The third kappa shape index (κ3) is 3.42. The molecule has 7 heteroatoms. The van der Waals surface area contributed by atoms with E-state index < -0.39 is 10.9 Å². The van der Waals surface area contributed by atoms with E-state index in [2.05, 4.69) is 15.9 Å². The summed E-state index contributed by atoms with van der Waals surface area (Å²) in [5, 5.41) is 10.8. The Hall–Kier alpha value is -1.63. The van der Waals surface area contributed by atoms with Gasteiger partial charge in [-0.05, 0) is 13.0 Å². The second kappa shape index (κ2) is 5.62.